The number of hydrazone groups is 1. The number of carbonyl (C=O) groups excluding carboxylic acids is 2. The molecule has 0 heterocycles. The molecule has 0 atom stereocenters. The average Bonchev–Trinajstić information content (AvgIpc) is 2.67. The van der Waals surface area contributed by atoms with Crippen LogP contribution in [0.3, 0.4) is 0 Å². The average molecular weight is 434 g/mol. The van der Waals surface area contributed by atoms with Crippen LogP contribution in [0.5, 0.6) is 11.5 Å². The Hall–Kier alpha value is -2.87. The first kappa shape index (κ1) is 20.4. The van der Waals surface area contributed by atoms with Crippen LogP contribution >= 0.6 is 15.9 Å². The Morgan fingerprint density at radius 1 is 1.04 bits per heavy atom. The monoisotopic (exact) mass is 433 g/mol. The van der Waals surface area contributed by atoms with Gasteiger partial charge in [0.05, 0.1) is 24.9 Å². The standard InChI is InChI=1S/C19H20BrN3O4/c1-26-15-6-4-14(5-7-15)22-18(24)9-10-19(25)23-21-12-13-3-8-17(27-2)16(20)11-13/h3-8,11-12H,9-10H2,1-2H3,(H,22,24)(H,23,25). The normalized spacial score (nSPS) is 10.5. The van der Waals surface area contributed by atoms with Gasteiger partial charge in [-0.25, -0.2) is 5.43 Å². The van der Waals surface area contributed by atoms with E-state index in [-0.39, 0.29) is 24.7 Å². The molecule has 0 aliphatic carbocycles. The number of hydrogen-bond acceptors (Lipinski definition) is 5. The molecular formula is C19H20BrN3O4. The van der Waals surface area contributed by atoms with Gasteiger partial charge in [0.25, 0.3) is 0 Å². The molecule has 2 N–H and O–H groups in total. The first-order chi connectivity index (χ1) is 13.0. The lowest BCUT2D eigenvalue weighted by atomic mass is 10.2. The zero-order chi connectivity index (χ0) is 19.6. The highest BCUT2D eigenvalue weighted by molar-refractivity contribution is 9.10. The van der Waals surface area contributed by atoms with E-state index < -0.39 is 0 Å². The maximum absolute atomic E-state index is 11.9. The van der Waals surface area contributed by atoms with Crippen LogP contribution < -0.4 is 20.2 Å². The van der Waals surface area contributed by atoms with Gasteiger partial charge in [0.2, 0.25) is 11.8 Å². The van der Waals surface area contributed by atoms with Gasteiger partial charge in [-0.15, -0.1) is 0 Å². The van der Waals surface area contributed by atoms with Gasteiger partial charge >= 0.3 is 0 Å². The number of amides is 2. The van der Waals surface area contributed by atoms with Crippen molar-refractivity contribution in [3.05, 3.63) is 52.5 Å². The van der Waals surface area contributed by atoms with E-state index in [0.717, 1.165) is 10.0 Å². The Morgan fingerprint density at radius 2 is 1.74 bits per heavy atom. The molecule has 0 saturated heterocycles. The summed E-state index contributed by atoms with van der Waals surface area (Å²) in [5.41, 5.74) is 3.84. The van der Waals surface area contributed by atoms with E-state index in [9.17, 15) is 9.59 Å². The van der Waals surface area contributed by atoms with Crippen molar-refractivity contribution in [1.82, 2.24) is 5.43 Å². The van der Waals surface area contributed by atoms with Gasteiger partial charge in [-0.1, -0.05) is 0 Å². The summed E-state index contributed by atoms with van der Waals surface area (Å²) in [5.74, 6) is 0.815. The minimum atomic E-state index is -0.344. The summed E-state index contributed by atoms with van der Waals surface area (Å²) in [6.45, 7) is 0. The van der Waals surface area contributed by atoms with Gasteiger partial charge in [0, 0.05) is 18.5 Å². The lowest BCUT2D eigenvalue weighted by Gasteiger charge is -2.06. The lowest BCUT2D eigenvalue weighted by molar-refractivity contribution is -0.124. The quantitative estimate of drug-likeness (QED) is 0.493. The smallest absolute Gasteiger partial charge is 0.240 e. The molecule has 0 aromatic heterocycles. The van der Waals surface area contributed by atoms with Gasteiger partial charge in [0.15, 0.2) is 0 Å². The summed E-state index contributed by atoms with van der Waals surface area (Å²) in [5, 5.41) is 6.60. The summed E-state index contributed by atoms with van der Waals surface area (Å²) in [6.07, 6.45) is 1.60. The number of anilines is 1. The fraction of sp³-hybridized carbons (Fsp3) is 0.211. The molecule has 2 aromatic rings. The van der Waals surface area contributed by atoms with Crippen molar-refractivity contribution in [2.45, 2.75) is 12.8 Å². The van der Waals surface area contributed by atoms with E-state index in [1.165, 1.54) is 6.21 Å². The molecule has 0 radical (unpaired) electrons. The molecule has 0 fully saturated rings. The Labute approximate surface area is 165 Å². The van der Waals surface area contributed by atoms with Crippen LogP contribution in [0.1, 0.15) is 18.4 Å². The second-order valence-electron chi connectivity index (χ2n) is 5.46. The number of nitrogens with zero attached hydrogens (tertiary/aromatic N) is 1. The minimum Gasteiger partial charge on any atom is -0.497 e. The molecular weight excluding hydrogens is 414 g/mol. The first-order valence-corrected chi connectivity index (χ1v) is 8.90. The molecule has 0 spiro atoms. The zero-order valence-corrected chi connectivity index (χ0v) is 16.6. The lowest BCUT2D eigenvalue weighted by Crippen LogP contribution is -2.20. The number of hydrogen-bond donors (Lipinski definition) is 2. The van der Waals surface area contributed by atoms with Gasteiger partial charge in [0.1, 0.15) is 11.5 Å². The highest BCUT2D eigenvalue weighted by Crippen LogP contribution is 2.24. The number of halogens is 1. The molecule has 2 rings (SSSR count). The Bertz CT molecular complexity index is 822. The predicted molar refractivity (Wildman–Crippen MR) is 107 cm³/mol. The number of rotatable bonds is 8. The van der Waals surface area contributed by atoms with Crippen LogP contribution in [0, 0.1) is 0 Å². The first-order valence-electron chi connectivity index (χ1n) is 8.11. The summed E-state index contributed by atoms with van der Waals surface area (Å²) < 4.78 is 11.0. The molecule has 0 unspecified atom stereocenters. The van der Waals surface area contributed by atoms with Crippen LogP contribution in [-0.4, -0.2) is 32.2 Å². The molecule has 0 aliphatic heterocycles. The van der Waals surface area contributed by atoms with Crippen LogP contribution in [-0.2, 0) is 9.59 Å². The number of ether oxygens (including phenoxy) is 2. The van der Waals surface area contributed by atoms with E-state index in [1.807, 2.05) is 12.1 Å². The van der Waals surface area contributed by atoms with Crippen molar-refractivity contribution in [3.63, 3.8) is 0 Å². The topological polar surface area (TPSA) is 89.0 Å². The Morgan fingerprint density at radius 3 is 2.37 bits per heavy atom. The highest BCUT2D eigenvalue weighted by Gasteiger charge is 2.07. The largest absolute Gasteiger partial charge is 0.497 e. The van der Waals surface area contributed by atoms with Crippen molar-refractivity contribution in [2.24, 2.45) is 5.10 Å². The second kappa shape index (κ2) is 10.3. The van der Waals surface area contributed by atoms with E-state index in [0.29, 0.717) is 17.2 Å². The van der Waals surface area contributed by atoms with E-state index in [4.69, 9.17) is 9.47 Å². The van der Waals surface area contributed by atoms with Crippen molar-refractivity contribution in [3.8, 4) is 11.5 Å². The van der Waals surface area contributed by atoms with Crippen LogP contribution in [0.4, 0.5) is 5.69 Å². The SMILES string of the molecule is COc1ccc(NC(=O)CCC(=O)NN=Cc2ccc(OC)c(Br)c2)cc1. The van der Waals surface area contributed by atoms with Crippen LogP contribution in [0.25, 0.3) is 0 Å². The number of carbonyl (C=O) groups is 2. The second-order valence-corrected chi connectivity index (χ2v) is 6.32. The molecule has 0 saturated carbocycles. The summed E-state index contributed by atoms with van der Waals surface area (Å²) >= 11 is 3.38. The third kappa shape index (κ3) is 6.74. The summed E-state index contributed by atoms with van der Waals surface area (Å²) in [4.78, 5) is 23.7. The van der Waals surface area contributed by atoms with Crippen LogP contribution in [0.15, 0.2) is 52.0 Å². The molecule has 8 heteroatoms. The fourth-order valence-electron chi connectivity index (χ4n) is 2.12. The fourth-order valence-corrected chi connectivity index (χ4v) is 2.68. The molecule has 2 amide bonds. The highest BCUT2D eigenvalue weighted by atomic mass is 79.9. The molecule has 0 aliphatic rings. The van der Waals surface area contributed by atoms with Crippen molar-refractivity contribution >= 4 is 39.6 Å². The van der Waals surface area contributed by atoms with E-state index >= 15 is 0 Å². The summed E-state index contributed by atoms with van der Waals surface area (Å²) in [7, 11) is 3.15. The number of benzene rings is 2. The number of methoxy groups -OCH3 is 2. The van der Waals surface area contributed by atoms with Crippen LogP contribution in [0.2, 0.25) is 0 Å². The maximum atomic E-state index is 11.9. The van der Waals surface area contributed by atoms with E-state index in [1.54, 1.807) is 44.6 Å². The number of nitrogens with one attached hydrogen (secondary N) is 2. The predicted octanol–water partition coefficient (Wildman–Crippen LogP) is 3.34. The van der Waals surface area contributed by atoms with Gasteiger partial charge in [-0.05, 0) is 64.0 Å². The molecule has 7 nitrogen and oxygen atoms in total. The molecule has 0 bridgehead atoms. The van der Waals surface area contributed by atoms with Gasteiger partial charge in [-0.2, -0.15) is 5.10 Å². The van der Waals surface area contributed by atoms with Gasteiger partial charge < -0.3 is 14.8 Å². The third-order valence-corrected chi connectivity index (χ3v) is 4.15. The minimum absolute atomic E-state index is 0.0334. The maximum Gasteiger partial charge on any atom is 0.240 e. The zero-order valence-electron chi connectivity index (χ0n) is 15.0. The Kier molecular flexibility index (Phi) is 7.81. The van der Waals surface area contributed by atoms with E-state index in [2.05, 4.69) is 31.8 Å². The summed E-state index contributed by atoms with van der Waals surface area (Å²) in [6, 6.07) is 12.4. The Balaban J connectivity index is 1.74. The van der Waals surface area contributed by atoms with Crippen molar-refractivity contribution < 1.29 is 19.1 Å². The molecule has 2 aromatic carbocycles. The van der Waals surface area contributed by atoms with Gasteiger partial charge in [-0.3, -0.25) is 9.59 Å². The molecule has 142 valence electrons. The van der Waals surface area contributed by atoms with Crippen molar-refractivity contribution in [1.29, 1.82) is 0 Å². The molecule has 27 heavy (non-hydrogen) atoms. The third-order valence-electron chi connectivity index (χ3n) is 3.53. The van der Waals surface area contributed by atoms with Crippen molar-refractivity contribution in [2.75, 3.05) is 19.5 Å².